The maximum atomic E-state index is 13.3. The number of furan rings is 1. The maximum Gasteiger partial charge on any atom is 0.291 e. The van der Waals surface area contributed by atoms with Crippen LogP contribution in [0.4, 0.5) is 5.69 Å². The second-order valence-corrected chi connectivity index (χ2v) is 12.0. The standard InChI is InChI=1S/C33H32N4O5S/c1-23-13-16-42-31(23)33(41)35-27-7-4-6-24(19-27)10-11-25-18-26(21-34-20-25)32(40)36-43(30-9-3-2-8-29(30)39)17-5-14-37-15-12-28(38)22-37/h2-4,6-9,13,16,18-21,28,38-39H,5,12,14-15,17,22H2,1H3,(H,35,41). The molecule has 0 saturated carbocycles. The molecule has 0 radical (unpaired) electrons. The summed E-state index contributed by atoms with van der Waals surface area (Å²) >= 11 is 0. The van der Waals surface area contributed by atoms with Crippen LogP contribution in [-0.4, -0.2) is 63.4 Å². The molecule has 3 heterocycles. The van der Waals surface area contributed by atoms with Crippen LogP contribution in [0.1, 0.15) is 50.4 Å². The van der Waals surface area contributed by atoms with E-state index >= 15 is 0 Å². The first-order chi connectivity index (χ1) is 20.9. The molecule has 1 aliphatic heterocycles. The zero-order valence-electron chi connectivity index (χ0n) is 23.7. The van der Waals surface area contributed by atoms with Crippen molar-refractivity contribution in [3.05, 3.63) is 107 Å². The molecule has 1 saturated heterocycles. The summed E-state index contributed by atoms with van der Waals surface area (Å²) in [5.41, 5.74) is 2.83. The van der Waals surface area contributed by atoms with Crippen molar-refractivity contribution >= 4 is 28.2 Å². The van der Waals surface area contributed by atoms with Crippen molar-refractivity contribution in [1.82, 2.24) is 9.88 Å². The van der Waals surface area contributed by atoms with E-state index in [9.17, 15) is 19.8 Å². The zero-order chi connectivity index (χ0) is 30.2. The Balaban J connectivity index is 1.30. The average Bonchev–Trinajstić information content (AvgIpc) is 3.63. The van der Waals surface area contributed by atoms with Crippen molar-refractivity contribution in [3.8, 4) is 17.6 Å². The summed E-state index contributed by atoms with van der Waals surface area (Å²) in [5.74, 6) is 6.27. The lowest BCUT2D eigenvalue weighted by molar-refractivity contribution is 0.0991. The number of nitrogens with zero attached hydrogens (tertiary/aromatic N) is 3. The fourth-order valence-corrected chi connectivity index (χ4v) is 6.35. The van der Waals surface area contributed by atoms with Crippen molar-refractivity contribution in [2.45, 2.75) is 30.8 Å². The SMILES string of the molecule is Cc1ccoc1C(=O)Nc1cccc(C#Cc2cncc(C(=O)N=S(CCCN3CCC(O)C3)c3ccccc3O)c2)c1. The number of phenols is 1. The summed E-state index contributed by atoms with van der Waals surface area (Å²) in [4.78, 5) is 32.8. The third kappa shape index (κ3) is 8.05. The highest BCUT2D eigenvalue weighted by Gasteiger charge is 2.20. The Morgan fingerprint density at radius 2 is 1.95 bits per heavy atom. The van der Waals surface area contributed by atoms with Gasteiger partial charge in [-0.1, -0.05) is 40.7 Å². The molecule has 1 aliphatic rings. The first-order valence-electron chi connectivity index (χ1n) is 13.9. The van der Waals surface area contributed by atoms with Gasteiger partial charge in [0.2, 0.25) is 0 Å². The lowest BCUT2D eigenvalue weighted by Gasteiger charge is -2.16. The number of aromatic nitrogens is 1. The van der Waals surface area contributed by atoms with Crippen molar-refractivity contribution < 1.29 is 24.2 Å². The largest absolute Gasteiger partial charge is 0.507 e. The number of phenolic OH excluding ortho intramolecular Hbond substituents is 1. The van der Waals surface area contributed by atoms with Crippen LogP contribution in [0.3, 0.4) is 0 Å². The maximum absolute atomic E-state index is 13.3. The number of hydrogen-bond acceptors (Lipinski definition) is 7. The number of anilines is 1. The van der Waals surface area contributed by atoms with Crippen LogP contribution in [0.25, 0.3) is 0 Å². The van der Waals surface area contributed by atoms with E-state index in [4.69, 9.17) is 4.42 Å². The van der Waals surface area contributed by atoms with E-state index in [0.29, 0.717) is 39.6 Å². The normalized spacial score (nSPS) is 15.5. The van der Waals surface area contributed by atoms with Gasteiger partial charge in [-0.2, -0.15) is 4.36 Å². The van der Waals surface area contributed by atoms with Gasteiger partial charge in [-0.3, -0.25) is 14.6 Å². The molecule has 0 spiro atoms. The second kappa shape index (κ2) is 14.1. The average molecular weight is 597 g/mol. The number of aryl methyl sites for hydroxylation is 1. The topological polar surface area (TPSA) is 128 Å². The van der Waals surface area contributed by atoms with Crippen molar-refractivity contribution in [2.24, 2.45) is 4.36 Å². The molecule has 0 aliphatic carbocycles. The molecule has 4 aromatic rings. The number of aromatic hydroxyl groups is 1. The number of pyridine rings is 1. The number of hydrogen-bond donors (Lipinski definition) is 3. The van der Waals surface area contributed by atoms with E-state index < -0.39 is 16.6 Å². The van der Waals surface area contributed by atoms with Crippen LogP contribution < -0.4 is 5.32 Å². The summed E-state index contributed by atoms with van der Waals surface area (Å²) in [6.07, 6.45) is 5.76. The lowest BCUT2D eigenvalue weighted by Crippen LogP contribution is -2.24. The lowest BCUT2D eigenvalue weighted by atomic mass is 10.1. The van der Waals surface area contributed by atoms with Gasteiger partial charge in [0.15, 0.2) is 5.76 Å². The van der Waals surface area contributed by atoms with Crippen LogP contribution in [0.2, 0.25) is 0 Å². The highest BCUT2D eigenvalue weighted by Crippen LogP contribution is 2.23. The first kappa shape index (κ1) is 29.9. The summed E-state index contributed by atoms with van der Waals surface area (Å²) in [6, 6.07) is 17.5. The summed E-state index contributed by atoms with van der Waals surface area (Å²) < 4.78 is 9.77. The molecular formula is C33H32N4O5S. The van der Waals surface area contributed by atoms with E-state index in [-0.39, 0.29) is 23.5 Å². The van der Waals surface area contributed by atoms with E-state index in [1.807, 2.05) is 12.1 Å². The summed E-state index contributed by atoms with van der Waals surface area (Å²) in [5, 5.41) is 23.1. The van der Waals surface area contributed by atoms with Crippen LogP contribution >= 0.6 is 0 Å². The third-order valence-corrected chi connectivity index (χ3v) is 8.81. The number of para-hydroxylation sites is 1. The van der Waals surface area contributed by atoms with Gasteiger partial charge >= 0.3 is 0 Å². The smallest absolute Gasteiger partial charge is 0.291 e. The Bertz CT molecular complexity index is 1720. The molecule has 220 valence electrons. The number of β-amino-alcohol motifs (C(OH)–C–C–N with tert-alkyl or cyclic N) is 1. The molecule has 1 fully saturated rings. The molecule has 5 rings (SSSR count). The number of rotatable bonds is 8. The molecule has 2 atom stereocenters. The minimum atomic E-state index is -0.868. The van der Waals surface area contributed by atoms with Crippen molar-refractivity contribution in [1.29, 1.82) is 0 Å². The van der Waals surface area contributed by atoms with E-state index in [2.05, 4.69) is 31.4 Å². The molecule has 2 aromatic heterocycles. The van der Waals surface area contributed by atoms with Gasteiger partial charge in [0.1, 0.15) is 5.75 Å². The Labute approximate surface area is 252 Å². The quantitative estimate of drug-likeness (QED) is 0.249. The number of aliphatic hydroxyl groups excluding tert-OH is 1. The van der Waals surface area contributed by atoms with E-state index in [1.54, 1.807) is 61.7 Å². The monoisotopic (exact) mass is 596 g/mol. The predicted molar refractivity (Wildman–Crippen MR) is 165 cm³/mol. The number of carbonyl (C=O) groups excluding carboxylic acids is 2. The van der Waals surface area contributed by atoms with Gasteiger partial charge in [0, 0.05) is 53.6 Å². The van der Waals surface area contributed by atoms with Gasteiger partial charge in [0.25, 0.3) is 11.8 Å². The Kier molecular flexibility index (Phi) is 9.79. The third-order valence-electron chi connectivity index (χ3n) is 6.90. The second-order valence-electron chi connectivity index (χ2n) is 10.2. The number of carbonyl (C=O) groups is 2. The van der Waals surface area contributed by atoms with Gasteiger partial charge < -0.3 is 24.8 Å². The highest BCUT2D eigenvalue weighted by molar-refractivity contribution is 7.87. The predicted octanol–water partition coefficient (Wildman–Crippen LogP) is 4.80. The van der Waals surface area contributed by atoms with Crippen LogP contribution in [-0.2, 0) is 10.7 Å². The minimum absolute atomic E-state index is 0.106. The number of amides is 2. The van der Waals surface area contributed by atoms with E-state index in [0.717, 1.165) is 31.5 Å². The zero-order valence-corrected chi connectivity index (χ0v) is 24.5. The van der Waals surface area contributed by atoms with Crippen molar-refractivity contribution in [3.63, 3.8) is 0 Å². The number of aliphatic hydroxyl groups is 1. The molecule has 43 heavy (non-hydrogen) atoms. The molecule has 10 heteroatoms. The molecule has 2 unspecified atom stereocenters. The summed E-state index contributed by atoms with van der Waals surface area (Å²) in [7, 11) is -0.868. The molecule has 9 nitrogen and oxygen atoms in total. The molecule has 2 aromatic carbocycles. The Hall–Kier alpha value is -4.56. The highest BCUT2D eigenvalue weighted by atomic mass is 32.2. The minimum Gasteiger partial charge on any atom is -0.507 e. The first-order valence-corrected chi connectivity index (χ1v) is 15.3. The fourth-order valence-electron chi connectivity index (χ4n) is 4.69. The van der Waals surface area contributed by atoms with Crippen LogP contribution in [0.5, 0.6) is 5.75 Å². The molecule has 3 N–H and O–H groups in total. The number of benzene rings is 2. The van der Waals surface area contributed by atoms with Gasteiger partial charge in [0.05, 0.1) is 22.8 Å². The van der Waals surface area contributed by atoms with Gasteiger partial charge in [-0.05, 0) is 68.8 Å². The number of likely N-dealkylation sites (tertiary alicyclic amines) is 1. The van der Waals surface area contributed by atoms with Gasteiger partial charge in [-0.25, -0.2) is 0 Å². The Morgan fingerprint density at radius 1 is 1.12 bits per heavy atom. The van der Waals surface area contributed by atoms with Gasteiger partial charge in [-0.15, -0.1) is 0 Å². The van der Waals surface area contributed by atoms with E-state index in [1.165, 1.54) is 12.5 Å². The molecule has 0 bridgehead atoms. The van der Waals surface area contributed by atoms with Crippen LogP contribution in [0.15, 0.2) is 93.0 Å². The molecular weight excluding hydrogens is 564 g/mol. The number of nitrogens with one attached hydrogen (secondary N) is 1. The van der Waals surface area contributed by atoms with Crippen LogP contribution in [0, 0.1) is 18.8 Å². The molecule has 2 amide bonds. The van der Waals surface area contributed by atoms with Crippen molar-refractivity contribution in [2.75, 3.05) is 30.7 Å². The fraction of sp³-hybridized carbons (Fsp3) is 0.242. The Morgan fingerprint density at radius 3 is 2.72 bits per heavy atom. The summed E-state index contributed by atoms with van der Waals surface area (Å²) in [6.45, 7) is 4.10.